The fourth-order valence-corrected chi connectivity index (χ4v) is 2.19. The molecule has 6 nitrogen and oxygen atoms in total. The largest absolute Gasteiger partial charge is 0.465 e. The molecule has 118 valence electrons. The van der Waals surface area contributed by atoms with E-state index in [0.717, 1.165) is 11.4 Å². The van der Waals surface area contributed by atoms with Crippen LogP contribution >= 0.6 is 0 Å². The fourth-order valence-electron chi connectivity index (χ4n) is 2.19. The van der Waals surface area contributed by atoms with Crippen LogP contribution in [0.5, 0.6) is 0 Å². The highest BCUT2D eigenvalue weighted by Crippen LogP contribution is 2.17. The van der Waals surface area contributed by atoms with Crippen molar-refractivity contribution in [2.75, 3.05) is 0 Å². The summed E-state index contributed by atoms with van der Waals surface area (Å²) in [6.07, 6.45) is -0.378. The van der Waals surface area contributed by atoms with Gasteiger partial charge < -0.3 is 10.4 Å². The van der Waals surface area contributed by atoms with Crippen LogP contribution in [0.4, 0.5) is 4.79 Å². The highest BCUT2D eigenvalue weighted by molar-refractivity contribution is 5.65. The van der Waals surface area contributed by atoms with E-state index in [1.807, 2.05) is 56.6 Å². The molecule has 0 saturated heterocycles. The third-order valence-corrected chi connectivity index (χ3v) is 3.56. The highest BCUT2D eigenvalue weighted by Gasteiger charge is 2.20. The summed E-state index contributed by atoms with van der Waals surface area (Å²) in [5, 5.41) is 15.9. The van der Waals surface area contributed by atoms with E-state index in [4.69, 9.17) is 5.11 Å². The van der Waals surface area contributed by atoms with Crippen LogP contribution < -0.4 is 5.32 Å². The first-order valence-electron chi connectivity index (χ1n) is 7.26. The lowest BCUT2D eigenvalue weighted by Gasteiger charge is -2.24. The number of carbonyl (C=O) groups is 1. The van der Waals surface area contributed by atoms with Gasteiger partial charge >= 0.3 is 6.09 Å². The SMILES string of the molecule is Cc1ccc(-c2nc(C)n(CCC(C)(C)NC(=O)O)n2)cc1. The Hall–Kier alpha value is -2.37. The Morgan fingerprint density at radius 1 is 1.27 bits per heavy atom. The lowest BCUT2D eigenvalue weighted by atomic mass is 10.0. The summed E-state index contributed by atoms with van der Waals surface area (Å²) in [4.78, 5) is 15.3. The van der Waals surface area contributed by atoms with Crippen LogP contribution in [0, 0.1) is 13.8 Å². The van der Waals surface area contributed by atoms with Crippen molar-refractivity contribution < 1.29 is 9.90 Å². The minimum atomic E-state index is -1.01. The number of nitrogens with zero attached hydrogens (tertiary/aromatic N) is 3. The second kappa shape index (κ2) is 6.17. The summed E-state index contributed by atoms with van der Waals surface area (Å²) in [6.45, 7) is 8.27. The average Bonchev–Trinajstić information content (AvgIpc) is 2.77. The third kappa shape index (κ3) is 4.07. The van der Waals surface area contributed by atoms with Gasteiger partial charge in [-0.3, -0.25) is 0 Å². The zero-order valence-electron chi connectivity index (χ0n) is 13.4. The first-order valence-corrected chi connectivity index (χ1v) is 7.26. The van der Waals surface area contributed by atoms with Gasteiger partial charge in [-0.2, -0.15) is 5.10 Å². The van der Waals surface area contributed by atoms with Crippen molar-refractivity contribution in [2.45, 2.75) is 46.2 Å². The topological polar surface area (TPSA) is 80.0 Å². The van der Waals surface area contributed by atoms with Crippen LogP contribution in [0.2, 0.25) is 0 Å². The van der Waals surface area contributed by atoms with E-state index in [1.165, 1.54) is 5.56 Å². The minimum Gasteiger partial charge on any atom is -0.465 e. The maximum Gasteiger partial charge on any atom is 0.405 e. The Kier molecular flexibility index (Phi) is 4.49. The second-order valence-electron chi connectivity index (χ2n) is 6.14. The number of hydrogen-bond donors (Lipinski definition) is 2. The third-order valence-electron chi connectivity index (χ3n) is 3.56. The van der Waals surface area contributed by atoms with Gasteiger partial charge in [-0.25, -0.2) is 14.5 Å². The molecule has 0 aliphatic rings. The maximum absolute atomic E-state index is 10.8. The molecule has 22 heavy (non-hydrogen) atoms. The molecule has 0 aliphatic heterocycles. The first kappa shape index (κ1) is 16.0. The molecule has 0 spiro atoms. The molecule has 2 rings (SSSR count). The summed E-state index contributed by atoms with van der Waals surface area (Å²) < 4.78 is 1.82. The van der Waals surface area contributed by atoms with Crippen LogP contribution in [-0.2, 0) is 6.54 Å². The van der Waals surface area contributed by atoms with E-state index in [0.29, 0.717) is 18.8 Å². The molecule has 1 aromatic carbocycles. The van der Waals surface area contributed by atoms with Gasteiger partial charge in [0.15, 0.2) is 5.82 Å². The smallest absolute Gasteiger partial charge is 0.405 e. The predicted octanol–water partition coefficient (Wildman–Crippen LogP) is 3.00. The van der Waals surface area contributed by atoms with Gasteiger partial charge in [-0.1, -0.05) is 29.8 Å². The summed E-state index contributed by atoms with van der Waals surface area (Å²) in [7, 11) is 0. The van der Waals surface area contributed by atoms with Crippen LogP contribution in [0.1, 0.15) is 31.7 Å². The van der Waals surface area contributed by atoms with Crippen molar-refractivity contribution >= 4 is 6.09 Å². The molecule has 0 saturated carbocycles. The van der Waals surface area contributed by atoms with Crippen molar-refractivity contribution in [3.05, 3.63) is 35.7 Å². The maximum atomic E-state index is 10.8. The minimum absolute atomic E-state index is 0.506. The number of aryl methyl sites for hydroxylation is 3. The summed E-state index contributed by atoms with van der Waals surface area (Å²) in [5.41, 5.74) is 1.67. The van der Waals surface area contributed by atoms with Gasteiger partial charge in [0, 0.05) is 17.6 Å². The predicted molar refractivity (Wildman–Crippen MR) is 84.8 cm³/mol. The number of nitrogens with one attached hydrogen (secondary N) is 1. The standard InChI is InChI=1S/C16H22N4O2/c1-11-5-7-13(8-6-11)14-17-12(2)20(19-14)10-9-16(3,4)18-15(21)22/h5-8,18H,9-10H2,1-4H3,(H,21,22). The van der Waals surface area contributed by atoms with Crippen molar-refractivity contribution in [1.82, 2.24) is 20.1 Å². The van der Waals surface area contributed by atoms with Crippen LogP contribution in [0.3, 0.4) is 0 Å². The Labute approximate surface area is 130 Å². The van der Waals surface area contributed by atoms with Gasteiger partial charge in [0.25, 0.3) is 0 Å². The van der Waals surface area contributed by atoms with E-state index in [1.54, 1.807) is 0 Å². The quantitative estimate of drug-likeness (QED) is 0.889. The Bertz CT molecular complexity index is 659. The number of rotatable bonds is 5. The summed E-state index contributed by atoms with van der Waals surface area (Å²) in [5.74, 6) is 1.52. The van der Waals surface area contributed by atoms with Gasteiger partial charge in [0.1, 0.15) is 5.82 Å². The lowest BCUT2D eigenvalue weighted by molar-refractivity contribution is 0.179. The number of hydrogen-bond acceptors (Lipinski definition) is 3. The Morgan fingerprint density at radius 2 is 1.91 bits per heavy atom. The average molecular weight is 302 g/mol. The number of amides is 1. The zero-order valence-corrected chi connectivity index (χ0v) is 13.4. The lowest BCUT2D eigenvalue weighted by Crippen LogP contribution is -2.43. The number of benzene rings is 1. The van der Waals surface area contributed by atoms with Crippen LogP contribution in [-0.4, -0.2) is 31.5 Å². The molecule has 0 radical (unpaired) electrons. The molecule has 1 heterocycles. The molecule has 0 aliphatic carbocycles. The van der Waals surface area contributed by atoms with E-state index < -0.39 is 11.6 Å². The molecular formula is C16H22N4O2. The van der Waals surface area contributed by atoms with Crippen molar-refractivity contribution in [2.24, 2.45) is 0 Å². The van der Waals surface area contributed by atoms with Gasteiger partial charge in [0.05, 0.1) is 0 Å². The molecular weight excluding hydrogens is 280 g/mol. The van der Waals surface area contributed by atoms with E-state index in [9.17, 15) is 4.79 Å². The molecule has 0 atom stereocenters. The van der Waals surface area contributed by atoms with Crippen molar-refractivity contribution in [3.8, 4) is 11.4 Å². The normalized spacial score (nSPS) is 11.5. The molecule has 0 bridgehead atoms. The van der Waals surface area contributed by atoms with Crippen LogP contribution in [0.25, 0.3) is 11.4 Å². The first-order chi connectivity index (χ1) is 10.3. The van der Waals surface area contributed by atoms with Gasteiger partial charge in [-0.05, 0) is 34.1 Å². The number of aromatic nitrogens is 3. The monoisotopic (exact) mass is 302 g/mol. The Balaban J connectivity index is 2.10. The summed E-state index contributed by atoms with van der Waals surface area (Å²) >= 11 is 0. The molecule has 2 N–H and O–H groups in total. The molecule has 1 amide bonds. The van der Waals surface area contributed by atoms with Crippen molar-refractivity contribution in [3.63, 3.8) is 0 Å². The second-order valence-corrected chi connectivity index (χ2v) is 6.14. The van der Waals surface area contributed by atoms with E-state index >= 15 is 0 Å². The highest BCUT2D eigenvalue weighted by atomic mass is 16.4. The zero-order chi connectivity index (χ0) is 16.3. The van der Waals surface area contributed by atoms with Gasteiger partial charge in [-0.15, -0.1) is 0 Å². The molecule has 6 heteroatoms. The molecule has 1 aromatic heterocycles. The molecule has 0 fully saturated rings. The Morgan fingerprint density at radius 3 is 2.50 bits per heavy atom. The summed E-state index contributed by atoms with van der Waals surface area (Å²) in [6, 6.07) is 8.07. The van der Waals surface area contributed by atoms with E-state index in [2.05, 4.69) is 15.4 Å². The number of carboxylic acid groups (broad SMARTS) is 1. The van der Waals surface area contributed by atoms with Crippen LogP contribution in [0.15, 0.2) is 24.3 Å². The fraction of sp³-hybridized carbons (Fsp3) is 0.438. The molecule has 0 unspecified atom stereocenters. The van der Waals surface area contributed by atoms with Crippen molar-refractivity contribution in [1.29, 1.82) is 0 Å². The van der Waals surface area contributed by atoms with E-state index in [-0.39, 0.29) is 0 Å². The van der Waals surface area contributed by atoms with Gasteiger partial charge in [0.2, 0.25) is 0 Å². The molecule has 2 aromatic rings.